The van der Waals surface area contributed by atoms with Crippen LogP contribution in [0.2, 0.25) is 0 Å². The molecule has 0 amide bonds. The number of carbonyl (C=O) groups is 1. The number of thioether (sulfide) groups is 2. The molecule has 0 spiro atoms. The van der Waals surface area contributed by atoms with Gasteiger partial charge in [-0.25, -0.2) is 4.79 Å². The number of ether oxygens (including phenoxy) is 1. The number of esters is 1. The maximum Gasteiger partial charge on any atom is 0.343 e. The molecular weight excluding hydrogens is 432 g/mol. The minimum absolute atomic E-state index is 0.0532. The normalized spacial score (nSPS) is 14.5. The molecular formula is C28H30O2S2. The molecule has 4 rings (SSSR count). The third kappa shape index (κ3) is 5.07. The van der Waals surface area contributed by atoms with E-state index in [0.29, 0.717) is 11.3 Å². The van der Waals surface area contributed by atoms with Crippen molar-refractivity contribution in [2.24, 2.45) is 0 Å². The first-order valence-electron chi connectivity index (χ1n) is 11.0. The van der Waals surface area contributed by atoms with Crippen LogP contribution < -0.4 is 4.74 Å². The van der Waals surface area contributed by atoms with Gasteiger partial charge in [-0.3, -0.25) is 0 Å². The Morgan fingerprint density at radius 3 is 2.00 bits per heavy atom. The molecule has 0 unspecified atom stereocenters. The molecule has 0 fully saturated rings. The van der Waals surface area contributed by atoms with Gasteiger partial charge in [0.25, 0.3) is 0 Å². The molecule has 1 aliphatic heterocycles. The van der Waals surface area contributed by atoms with Crippen molar-refractivity contribution in [3.05, 3.63) is 99.6 Å². The summed E-state index contributed by atoms with van der Waals surface area (Å²) < 4.78 is 6.12. The second-order valence-corrected chi connectivity index (χ2v) is 11.9. The smallest absolute Gasteiger partial charge is 0.343 e. The van der Waals surface area contributed by atoms with E-state index in [1.165, 1.54) is 27.8 Å². The fourth-order valence-electron chi connectivity index (χ4n) is 3.80. The Morgan fingerprint density at radius 2 is 1.44 bits per heavy atom. The lowest BCUT2D eigenvalue weighted by atomic mass is 9.87. The van der Waals surface area contributed by atoms with E-state index >= 15 is 0 Å². The minimum Gasteiger partial charge on any atom is -0.423 e. The van der Waals surface area contributed by atoms with Crippen LogP contribution in [0.3, 0.4) is 0 Å². The highest BCUT2D eigenvalue weighted by Crippen LogP contribution is 2.49. The van der Waals surface area contributed by atoms with Crippen LogP contribution in [-0.2, 0) is 16.9 Å². The molecule has 0 aliphatic carbocycles. The fraction of sp³-hybridized carbons (Fsp3) is 0.321. The highest BCUT2D eigenvalue weighted by Gasteiger charge is 2.23. The topological polar surface area (TPSA) is 26.3 Å². The number of carbonyl (C=O) groups excluding carboxylic acids is 1. The van der Waals surface area contributed by atoms with Gasteiger partial charge < -0.3 is 4.74 Å². The van der Waals surface area contributed by atoms with Crippen LogP contribution in [0.15, 0.2) is 60.7 Å². The van der Waals surface area contributed by atoms with Crippen molar-refractivity contribution >= 4 is 29.5 Å². The van der Waals surface area contributed by atoms with Gasteiger partial charge in [-0.2, -0.15) is 0 Å². The van der Waals surface area contributed by atoms with Crippen LogP contribution >= 0.6 is 23.5 Å². The van der Waals surface area contributed by atoms with E-state index in [0.717, 1.165) is 17.1 Å². The molecule has 1 aliphatic rings. The molecule has 3 aromatic rings. The maximum absolute atomic E-state index is 12.9. The average molecular weight is 463 g/mol. The van der Waals surface area contributed by atoms with Crippen molar-refractivity contribution in [1.29, 1.82) is 0 Å². The van der Waals surface area contributed by atoms with Gasteiger partial charge in [0.1, 0.15) is 5.75 Å². The average Bonchev–Trinajstić information content (AvgIpc) is 2.96. The predicted molar refractivity (Wildman–Crippen MR) is 138 cm³/mol. The molecule has 0 aromatic heterocycles. The molecule has 0 N–H and O–H groups in total. The van der Waals surface area contributed by atoms with Crippen LogP contribution in [0.5, 0.6) is 5.75 Å². The number of fused-ring (bicyclic) bond motifs is 1. The summed E-state index contributed by atoms with van der Waals surface area (Å²) in [6.45, 7) is 10.9. The zero-order chi connectivity index (χ0) is 22.9. The summed E-state index contributed by atoms with van der Waals surface area (Å²) in [6, 6.07) is 20.4. The van der Waals surface area contributed by atoms with E-state index in [1.54, 1.807) is 0 Å². The molecule has 1 heterocycles. The molecule has 32 heavy (non-hydrogen) atoms. The fourth-order valence-corrected chi connectivity index (χ4v) is 6.54. The first-order chi connectivity index (χ1) is 15.2. The Balaban J connectivity index is 1.52. The standard InChI is InChI=1S/C28H30O2S2/c1-18-14-21-16-31-27(32-17-22(21)15-19(18)2)24-8-6-7-9-25(24)30-26(29)20-10-12-23(13-11-20)28(3,4)5/h6-15,27H,16-17H2,1-5H3. The first kappa shape index (κ1) is 23.0. The summed E-state index contributed by atoms with van der Waals surface area (Å²) in [7, 11) is 0. The molecule has 0 saturated carbocycles. The lowest BCUT2D eigenvalue weighted by Gasteiger charge is -2.19. The van der Waals surface area contributed by atoms with Gasteiger partial charge >= 0.3 is 5.97 Å². The van der Waals surface area contributed by atoms with Gasteiger partial charge in [0.15, 0.2) is 0 Å². The van der Waals surface area contributed by atoms with Crippen molar-refractivity contribution < 1.29 is 9.53 Å². The van der Waals surface area contributed by atoms with Gasteiger partial charge in [-0.1, -0.05) is 63.2 Å². The van der Waals surface area contributed by atoms with Gasteiger partial charge in [0.05, 0.1) is 10.1 Å². The number of hydrogen-bond donors (Lipinski definition) is 0. The Labute approximate surface area is 200 Å². The van der Waals surface area contributed by atoms with Crippen molar-refractivity contribution in [3.8, 4) is 5.75 Å². The summed E-state index contributed by atoms with van der Waals surface area (Å²) in [5.74, 6) is 2.27. The monoisotopic (exact) mass is 462 g/mol. The van der Waals surface area contributed by atoms with Gasteiger partial charge in [0.2, 0.25) is 0 Å². The third-order valence-electron chi connectivity index (χ3n) is 5.96. The number of rotatable bonds is 3. The highest BCUT2D eigenvalue weighted by molar-refractivity contribution is 8.15. The van der Waals surface area contributed by atoms with Crippen LogP contribution in [-0.4, -0.2) is 5.97 Å². The molecule has 4 heteroatoms. The summed E-state index contributed by atoms with van der Waals surface area (Å²) in [4.78, 5) is 12.9. The molecule has 166 valence electrons. The number of benzene rings is 3. The van der Waals surface area contributed by atoms with E-state index < -0.39 is 0 Å². The maximum atomic E-state index is 12.9. The zero-order valence-electron chi connectivity index (χ0n) is 19.4. The van der Waals surface area contributed by atoms with Gasteiger partial charge in [-0.05, 0) is 65.3 Å². The van der Waals surface area contributed by atoms with Crippen molar-refractivity contribution in [3.63, 3.8) is 0 Å². The van der Waals surface area contributed by atoms with E-state index in [1.807, 2.05) is 66.0 Å². The van der Waals surface area contributed by atoms with Gasteiger partial charge in [0, 0.05) is 17.1 Å². The van der Waals surface area contributed by atoms with Crippen LogP contribution in [0.1, 0.15) is 69.1 Å². The number of para-hydroxylation sites is 1. The van der Waals surface area contributed by atoms with E-state index in [-0.39, 0.29) is 16.0 Å². The Hall–Kier alpha value is -2.17. The van der Waals surface area contributed by atoms with Crippen molar-refractivity contribution in [1.82, 2.24) is 0 Å². The summed E-state index contributed by atoms with van der Waals surface area (Å²) >= 11 is 3.82. The summed E-state index contributed by atoms with van der Waals surface area (Å²) in [6.07, 6.45) is 0. The van der Waals surface area contributed by atoms with Crippen molar-refractivity contribution in [2.45, 2.75) is 56.1 Å². The van der Waals surface area contributed by atoms with Crippen molar-refractivity contribution in [2.75, 3.05) is 0 Å². The van der Waals surface area contributed by atoms with Crippen LogP contribution in [0, 0.1) is 13.8 Å². The Morgan fingerprint density at radius 1 is 0.875 bits per heavy atom. The largest absolute Gasteiger partial charge is 0.423 e. The minimum atomic E-state index is -0.309. The highest BCUT2D eigenvalue weighted by atomic mass is 32.2. The van der Waals surface area contributed by atoms with E-state index in [2.05, 4.69) is 52.8 Å². The molecule has 3 aromatic carbocycles. The quantitative estimate of drug-likeness (QED) is 0.291. The molecule has 0 radical (unpaired) electrons. The zero-order valence-corrected chi connectivity index (χ0v) is 21.0. The number of aryl methyl sites for hydroxylation is 2. The molecule has 0 atom stereocenters. The molecule has 2 nitrogen and oxygen atoms in total. The number of hydrogen-bond acceptors (Lipinski definition) is 4. The van der Waals surface area contributed by atoms with Crippen LogP contribution in [0.25, 0.3) is 0 Å². The Bertz CT molecular complexity index is 1090. The second kappa shape index (κ2) is 9.36. The Kier molecular flexibility index (Phi) is 6.73. The SMILES string of the molecule is Cc1cc2c(cc1C)CSC(c1ccccc1OC(=O)c1ccc(C(C)(C)C)cc1)SC2. The van der Waals surface area contributed by atoms with E-state index in [9.17, 15) is 4.79 Å². The van der Waals surface area contributed by atoms with Gasteiger partial charge in [-0.15, -0.1) is 23.5 Å². The lowest BCUT2D eigenvalue weighted by molar-refractivity contribution is 0.0733. The lowest BCUT2D eigenvalue weighted by Crippen LogP contribution is -2.13. The second-order valence-electron chi connectivity index (χ2n) is 9.41. The predicted octanol–water partition coefficient (Wildman–Crippen LogP) is 8.00. The summed E-state index contributed by atoms with van der Waals surface area (Å²) in [5, 5.41) is 0. The van der Waals surface area contributed by atoms with E-state index in [4.69, 9.17) is 4.74 Å². The summed E-state index contributed by atoms with van der Waals surface area (Å²) in [5.41, 5.74) is 8.43. The van der Waals surface area contributed by atoms with Crippen LogP contribution in [0.4, 0.5) is 0 Å². The molecule has 0 saturated heterocycles. The molecule has 0 bridgehead atoms. The third-order valence-corrected chi connectivity index (χ3v) is 8.84. The first-order valence-corrected chi connectivity index (χ1v) is 13.1.